The van der Waals surface area contributed by atoms with Crippen LogP contribution in [0.5, 0.6) is 5.75 Å². The molecule has 180 valence electrons. The molecule has 3 rings (SSSR count). The molecule has 1 atom stereocenters. The van der Waals surface area contributed by atoms with Crippen molar-refractivity contribution in [1.82, 2.24) is 4.57 Å². The third-order valence-corrected chi connectivity index (χ3v) is 5.36. The lowest BCUT2D eigenvalue weighted by Gasteiger charge is -2.18. The van der Waals surface area contributed by atoms with Crippen LogP contribution < -0.4 is 10.3 Å². The zero-order valence-corrected chi connectivity index (χ0v) is 18.7. The van der Waals surface area contributed by atoms with Crippen molar-refractivity contribution in [2.45, 2.75) is 25.7 Å². The Morgan fingerprint density at radius 1 is 1.14 bits per heavy atom. The molecule has 0 aliphatic rings. The van der Waals surface area contributed by atoms with Gasteiger partial charge in [-0.2, -0.15) is 5.26 Å². The lowest BCUT2D eigenvalue weighted by molar-refractivity contribution is -0.274. The van der Waals surface area contributed by atoms with Gasteiger partial charge in [0.05, 0.1) is 17.2 Å². The summed E-state index contributed by atoms with van der Waals surface area (Å²) in [4.78, 5) is 36.6. The normalized spacial score (nSPS) is 12.0. The van der Waals surface area contributed by atoms with Crippen LogP contribution in [0.4, 0.5) is 13.2 Å². The number of aromatic carboxylic acids is 1. The Morgan fingerprint density at radius 2 is 1.80 bits per heavy atom. The molecule has 7 nitrogen and oxygen atoms in total. The molecule has 0 saturated heterocycles. The monoisotopic (exact) mass is 504 g/mol. The molecular weight excluding hydrogens is 489 g/mol. The number of nitrogens with zero attached hydrogens (tertiary/aromatic N) is 2. The number of carboxylic acids is 1. The first-order valence-electron chi connectivity index (χ1n) is 9.96. The smallest absolute Gasteiger partial charge is 0.478 e. The number of nitriles is 1. The number of carboxylic acid groups (broad SMARTS) is 1. The van der Waals surface area contributed by atoms with Crippen LogP contribution in [0.2, 0.25) is 5.02 Å². The number of halogens is 4. The maximum atomic E-state index is 12.8. The molecule has 0 bridgehead atoms. The van der Waals surface area contributed by atoms with E-state index in [1.807, 2.05) is 6.07 Å². The van der Waals surface area contributed by atoms with Gasteiger partial charge >= 0.3 is 12.3 Å². The molecule has 0 aliphatic heterocycles. The van der Waals surface area contributed by atoms with Gasteiger partial charge in [-0.25, -0.2) is 4.79 Å². The van der Waals surface area contributed by atoms with E-state index >= 15 is 0 Å². The van der Waals surface area contributed by atoms with Crippen molar-refractivity contribution in [2.75, 3.05) is 0 Å². The van der Waals surface area contributed by atoms with Crippen LogP contribution in [0.1, 0.15) is 34.5 Å². The Morgan fingerprint density at radius 3 is 2.37 bits per heavy atom. The highest BCUT2D eigenvalue weighted by Gasteiger charge is 2.33. The Balaban J connectivity index is 1.97. The minimum atomic E-state index is -5.02. The zero-order chi connectivity index (χ0) is 25.9. The van der Waals surface area contributed by atoms with Crippen LogP contribution in [0.25, 0.3) is 11.1 Å². The van der Waals surface area contributed by atoms with Gasteiger partial charge in [0.1, 0.15) is 11.8 Å². The number of pyridine rings is 1. The number of ether oxygens (including phenoxy) is 1. The molecule has 1 aromatic heterocycles. The molecule has 1 unspecified atom stereocenters. The van der Waals surface area contributed by atoms with E-state index < -0.39 is 35.5 Å². The summed E-state index contributed by atoms with van der Waals surface area (Å²) in [6.07, 6.45) is -4.05. The topological polar surface area (TPSA) is 109 Å². The standard InChI is InChI=1S/C24H16ClF3N2O5/c1-13(20(31)8-14-2-4-15(5-3-14)23(33)34)30-12-16(11-29)18(10-22(30)32)19-9-17(25)6-7-21(19)35-24(26,27)28/h2-7,9-10,12-13H,8H2,1H3,(H,33,34). The Labute approximate surface area is 201 Å². The summed E-state index contributed by atoms with van der Waals surface area (Å²) in [6, 6.07) is 10.7. The first kappa shape index (κ1) is 25.5. The molecule has 0 saturated carbocycles. The average molecular weight is 505 g/mol. The fraction of sp³-hybridized carbons (Fsp3) is 0.167. The van der Waals surface area contributed by atoms with E-state index in [2.05, 4.69) is 4.74 Å². The third-order valence-electron chi connectivity index (χ3n) is 5.12. The fourth-order valence-electron chi connectivity index (χ4n) is 3.36. The van der Waals surface area contributed by atoms with Gasteiger partial charge in [-0.05, 0) is 42.8 Å². The number of ketones is 1. The summed E-state index contributed by atoms with van der Waals surface area (Å²) >= 11 is 5.92. The van der Waals surface area contributed by atoms with E-state index in [0.717, 1.165) is 29.0 Å². The van der Waals surface area contributed by atoms with Crippen LogP contribution in [0.15, 0.2) is 59.5 Å². The molecule has 0 spiro atoms. The maximum Gasteiger partial charge on any atom is 0.573 e. The Hall–Kier alpha value is -4.10. The highest BCUT2D eigenvalue weighted by atomic mass is 35.5. The lowest BCUT2D eigenvalue weighted by Crippen LogP contribution is -2.29. The van der Waals surface area contributed by atoms with Gasteiger partial charge in [0.2, 0.25) is 0 Å². The predicted molar refractivity (Wildman–Crippen MR) is 119 cm³/mol. The first-order valence-corrected chi connectivity index (χ1v) is 10.3. The van der Waals surface area contributed by atoms with Crippen molar-refractivity contribution >= 4 is 23.4 Å². The second-order valence-corrected chi connectivity index (χ2v) is 7.90. The predicted octanol–water partition coefficient (Wildman–Crippen LogP) is 5.01. The van der Waals surface area contributed by atoms with Crippen molar-refractivity contribution in [2.24, 2.45) is 0 Å². The van der Waals surface area contributed by atoms with E-state index in [4.69, 9.17) is 16.7 Å². The number of Topliss-reactive ketones (excluding diaryl/α,β-unsaturated/α-hetero) is 1. The second-order valence-electron chi connectivity index (χ2n) is 7.47. The van der Waals surface area contributed by atoms with Gasteiger partial charge < -0.3 is 14.4 Å². The van der Waals surface area contributed by atoms with Gasteiger partial charge in [-0.3, -0.25) is 9.59 Å². The molecule has 1 heterocycles. The van der Waals surface area contributed by atoms with Crippen LogP contribution in [0, 0.1) is 11.3 Å². The van der Waals surface area contributed by atoms with Crippen molar-refractivity contribution in [1.29, 1.82) is 5.26 Å². The van der Waals surface area contributed by atoms with Crippen molar-refractivity contribution in [3.05, 3.63) is 86.8 Å². The zero-order valence-electron chi connectivity index (χ0n) is 18.0. The molecule has 0 amide bonds. The van der Waals surface area contributed by atoms with E-state index in [1.54, 1.807) is 0 Å². The quantitative estimate of drug-likeness (QED) is 0.484. The summed E-state index contributed by atoms with van der Waals surface area (Å²) in [7, 11) is 0. The highest BCUT2D eigenvalue weighted by molar-refractivity contribution is 6.31. The molecule has 2 aromatic carbocycles. The summed E-state index contributed by atoms with van der Waals surface area (Å²) in [5, 5.41) is 18.6. The number of aromatic nitrogens is 1. The summed E-state index contributed by atoms with van der Waals surface area (Å²) in [5.74, 6) is -2.17. The number of carbonyl (C=O) groups excluding carboxylic acids is 1. The van der Waals surface area contributed by atoms with Gasteiger partial charge in [0.15, 0.2) is 5.78 Å². The van der Waals surface area contributed by atoms with Crippen LogP contribution in [-0.4, -0.2) is 27.8 Å². The molecule has 0 radical (unpaired) electrons. The molecule has 0 fully saturated rings. The first-order chi connectivity index (χ1) is 16.4. The van der Waals surface area contributed by atoms with Crippen LogP contribution in [-0.2, 0) is 11.2 Å². The average Bonchev–Trinajstić information content (AvgIpc) is 2.79. The number of benzene rings is 2. The SMILES string of the molecule is CC(C(=O)Cc1ccc(C(=O)O)cc1)n1cc(C#N)c(-c2cc(Cl)ccc2OC(F)(F)F)cc1=O. The molecule has 3 aromatic rings. The lowest BCUT2D eigenvalue weighted by atomic mass is 9.99. The second kappa shape index (κ2) is 10.0. The Bertz CT molecular complexity index is 1390. The van der Waals surface area contributed by atoms with Gasteiger partial charge in [-0.15, -0.1) is 13.2 Å². The van der Waals surface area contributed by atoms with E-state index in [1.165, 1.54) is 37.3 Å². The minimum absolute atomic E-state index is 0.0506. The number of rotatable bonds is 7. The summed E-state index contributed by atoms with van der Waals surface area (Å²) < 4.78 is 43.6. The van der Waals surface area contributed by atoms with Gasteiger partial charge in [0, 0.05) is 34.8 Å². The van der Waals surface area contributed by atoms with Crippen LogP contribution >= 0.6 is 11.6 Å². The third kappa shape index (κ3) is 6.07. The van der Waals surface area contributed by atoms with E-state index in [9.17, 15) is 32.8 Å². The molecular formula is C24H16ClF3N2O5. The molecule has 35 heavy (non-hydrogen) atoms. The number of hydrogen-bond donors (Lipinski definition) is 1. The number of alkyl halides is 3. The molecule has 0 aliphatic carbocycles. The van der Waals surface area contributed by atoms with Gasteiger partial charge in [0.25, 0.3) is 5.56 Å². The minimum Gasteiger partial charge on any atom is -0.478 e. The number of hydrogen-bond acceptors (Lipinski definition) is 5. The van der Waals surface area contributed by atoms with Gasteiger partial charge in [-0.1, -0.05) is 23.7 Å². The highest BCUT2D eigenvalue weighted by Crippen LogP contribution is 2.37. The van der Waals surface area contributed by atoms with E-state index in [-0.39, 0.29) is 33.7 Å². The molecule has 1 N–H and O–H groups in total. The summed E-state index contributed by atoms with van der Waals surface area (Å²) in [5.41, 5.74) is -0.699. The largest absolute Gasteiger partial charge is 0.573 e. The molecule has 11 heteroatoms. The van der Waals surface area contributed by atoms with Crippen molar-refractivity contribution < 1.29 is 32.6 Å². The maximum absolute atomic E-state index is 12.8. The van der Waals surface area contributed by atoms with Crippen molar-refractivity contribution in [3.8, 4) is 22.9 Å². The summed E-state index contributed by atoms with van der Waals surface area (Å²) in [6.45, 7) is 1.44. The Kier molecular flexibility index (Phi) is 7.31. The van der Waals surface area contributed by atoms with Crippen molar-refractivity contribution in [3.63, 3.8) is 0 Å². The number of carbonyl (C=O) groups is 2. The fourth-order valence-corrected chi connectivity index (χ4v) is 3.53. The van der Waals surface area contributed by atoms with Crippen LogP contribution in [0.3, 0.4) is 0 Å². The van der Waals surface area contributed by atoms with E-state index in [0.29, 0.717) is 5.56 Å².